The minimum absolute atomic E-state index is 0.251. The van der Waals surface area contributed by atoms with E-state index >= 15 is 0 Å². The molecule has 158 valence electrons. The first kappa shape index (κ1) is 21.1. The molecule has 3 aromatic carbocycles. The number of hydrogen-bond donors (Lipinski definition) is 1. The van der Waals surface area contributed by atoms with Gasteiger partial charge in [-0.3, -0.25) is 9.36 Å². The highest BCUT2D eigenvalue weighted by Crippen LogP contribution is 2.28. The van der Waals surface area contributed by atoms with Crippen LogP contribution in [0.25, 0.3) is 16.8 Å². The second-order valence-electron chi connectivity index (χ2n) is 7.23. The van der Waals surface area contributed by atoms with E-state index < -0.39 is 9.84 Å². The second kappa shape index (κ2) is 8.53. The van der Waals surface area contributed by atoms with E-state index in [1.165, 1.54) is 10.8 Å². The maximum absolute atomic E-state index is 13.0. The Kier molecular flexibility index (Phi) is 5.63. The molecule has 0 aliphatic carbocycles. The number of sulfone groups is 1. The number of nitrogens with zero attached hydrogens (tertiary/aromatic N) is 2. The molecule has 4 rings (SSSR count). The Bertz CT molecular complexity index is 1500. The topological polar surface area (TPSA) is 92.0 Å². The van der Waals surface area contributed by atoms with E-state index in [-0.39, 0.29) is 10.5 Å². The first-order chi connectivity index (χ1) is 15.4. The highest BCUT2D eigenvalue weighted by Gasteiger charge is 2.14. The van der Waals surface area contributed by atoms with Crippen LogP contribution in [-0.2, 0) is 9.84 Å². The number of nitrogens with one attached hydrogen (secondary N) is 1. The van der Waals surface area contributed by atoms with Crippen molar-refractivity contribution in [3.63, 3.8) is 0 Å². The molecule has 0 bridgehead atoms. The predicted molar refractivity (Wildman–Crippen MR) is 125 cm³/mol. The molecule has 0 saturated heterocycles. The summed E-state index contributed by atoms with van der Waals surface area (Å²) in [4.78, 5) is 13.3. The van der Waals surface area contributed by atoms with Gasteiger partial charge in [-0.15, -0.1) is 0 Å². The number of pyridine rings is 1. The van der Waals surface area contributed by atoms with Crippen LogP contribution in [0.3, 0.4) is 0 Å². The lowest BCUT2D eigenvalue weighted by molar-refractivity contribution is 0.602. The molecule has 1 aromatic heterocycles. The van der Waals surface area contributed by atoms with Crippen LogP contribution in [0.4, 0.5) is 11.4 Å². The summed E-state index contributed by atoms with van der Waals surface area (Å²) in [5, 5.41) is 12.1. The largest absolute Gasteiger partial charge is 0.351 e. The molecule has 0 saturated carbocycles. The van der Waals surface area contributed by atoms with Crippen LogP contribution >= 0.6 is 0 Å². The van der Waals surface area contributed by atoms with Crippen molar-refractivity contribution >= 4 is 21.2 Å². The number of nitriles is 1. The zero-order chi connectivity index (χ0) is 22.7. The Balaban J connectivity index is 1.68. The first-order valence-electron chi connectivity index (χ1n) is 9.75. The molecule has 0 aliphatic rings. The van der Waals surface area contributed by atoms with Crippen LogP contribution in [-0.4, -0.2) is 19.2 Å². The standard InChI is InChI=1S/C25H19N3O3S/c1-32(30,31)24-10-3-2-8-22(24)19-11-13-21(14-12-19)28-15-5-9-23(25(28)29)27-20-7-4-6-18(16-20)17-26/h2-16,27H,1H3. The fourth-order valence-corrected chi connectivity index (χ4v) is 4.36. The van der Waals surface area contributed by atoms with E-state index in [0.717, 1.165) is 5.56 Å². The van der Waals surface area contributed by atoms with Crippen molar-refractivity contribution in [3.8, 4) is 22.9 Å². The van der Waals surface area contributed by atoms with Gasteiger partial charge >= 0.3 is 0 Å². The van der Waals surface area contributed by atoms with Gasteiger partial charge in [0.15, 0.2) is 9.84 Å². The molecule has 0 amide bonds. The van der Waals surface area contributed by atoms with Crippen LogP contribution in [0.2, 0.25) is 0 Å². The van der Waals surface area contributed by atoms with Gasteiger partial charge in [0.25, 0.3) is 5.56 Å². The molecule has 0 spiro atoms. The molecule has 0 atom stereocenters. The molecule has 0 radical (unpaired) electrons. The monoisotopic (exact) mass is 441 g/mol. The van der Waals surface area contributed by atoms with E-state index in [1.807, 2.05) is 0 Å². The van der Waals surface area contributed by atoms with Crippen molar-refractivity contribution in [3.05, 3.63) is 107 Å². The smallest absolute Gasteiger partial charge is 0.278 e. The van der Waals surface area contributed by atoms with Gasteiger partial charge in [0, 0.05) is 29.4 Å². The number of benzene rings is 3. The Hall–Kier alpha value is -4.15. The van der Waals surface area contributed by atoms with Crippen LogP contribution < -0.4 is 10.9 Å². The summed E-state index contributed by atoms with van der Waals surface area (Å²) < 4.78 is 25.7. The summed E-state index contributed by atoms with van der Waals surface area (Å²) in [5.74, 6) is 0. The third-order valence-corrected chi connectivity index (χ3v) is 6.12. The first-order valence-corrected chi connectivity index (χ1v) is 11.6. The van der Waals surface area contributed by atoms with Crippen LogP contribution in [0, 0.1) is 11.3 Å². The molecule has 7 heteroatoms. The Morgan fingerprint density at radius 3 is 2.38 bits per heavy atom. The molecular weight excluding hydrogens is 422 g/mol. The maximum atomic E-state index is 13.0. The normalized spacial score (nSPS) is 11.0. The summed E-state index contributed by atoms with van der Waals surface area (Å²) >= 11 is 0. The number of anilines is 2. The van der Waals surface area contributed by atoms with Crippen molar-refractivity contribution in [2.75, 3.05) is 11.6 Å². The summed E-state index contributed by atoms with van der Waals surface area (Å²) in [6.07, 6.45) is 2.85. The van der Waals surface area contributed by atoms with Gasteiger partial charge < -0.3 is 5.32 Å². The van der Waals surface area contributed by atoms with Gasteiger partial charge in [-0.1, -0.05) is 36.4 Å². The van der Waals surface area contributed by atoms with Crippen molar-refractivity contribution in [2.45, 2.75) is 4.90 Å². The van der Waals surface area contributed by atoms with E-state index in [0.29, 0.717) is 28.2 Å². The number of aromatic nitrogens is 1. The maximum Gasteiger partial charge on any atom is 0.278 e. The highest BCUT2D eigenvalue weighted by molar-refractivity contribution is 7.90. The minimum atomic E-state index is -3.37. The lowest BCUT2D eigenvalue weighted by Gasteiger charge is -2.12. The Labute approximate surface area is 185 Å². The second-order valence-corrected chi connectivity index (χ2v) is 9.21. The Morgan fingerprint density at radius 1 is 0.906 bits per heavy atom. The molecule has 0 fully saturated rings. The average Bonchev–Trinajstić information content (AvgIpc) is 2.80. The lowest BCUT2D eigenvalue weighted by Crippen LogP contribution is -2.20. The highest BCUT2D eigenvalue weighted by atomic mass is 32.2. The molecule has 0 aliphatic heterocycles. The molecule has 4 aromatic rings. The number of hydrogen-bond acceptors (Lipinski definition) is 5. The minimum Gasteiger partial charge on any atom is -0.351 e. The fourth-order valence-electron chi connectivity index (χ4n) is 3.44. The van der Waals surface area contributed by atoms with Gasteiger partial charge in [0.1, 0.15) is 5.69 Å². The van der Waals surface area contributed by atoms with Crippen LogP contribution in [0.1, 0.15) is 5.56 Å². The van der Waals surface area contributed by atoms with Crippen molar-refractivity contribution in [1.82, 2.24) is 4.57 Å². The van der Waals surface area contributed by atoms with Crippen LogP contribution in [0.15, 0.2) is 101 Å². The summed E-state index contributed by atoms with van der Waals surface area (Å²) in [7, 11) is -3.37. The third-order valence-electron chi connectivity index (χ3n) is 4.96. The molecule has 1 N–H and O–H groups in total. The van der Waals surface area contributed by atoms with Gasteiger partial charge in [0.05, 0.1) is 16.5 Å². The third kappa shape index (κ3) is 4.31. The van der Waals surface area contributed by atoms with Gasteiger partial charge in [-0.25, -0.2) is 8.42 Å². The lowest BCUT2D eigenvalue weighted by atomic mass is 10.1. The predicted octanol–water partition coefficient (Wildman–Crippen LogP) is 4.52. The molecular formula is C25H19N3O3S. The number of rotatable bonds is 5. The zero-order valence-electron chi connectivity index (χ0n) is 17.2. The Morgan fingerprint density at radius 2 is 1.66 bits per heavy atom. The zero-order valence-corrected chi connectivity index (χ0v) is 18.0. The summed E-state index contributed by atoms with van der Waals surface area (Å²) in [6, 6.07) is 26.4. The quantitative estimate of drug-likeness (QED) is 0.491. The van der Waals surface area contributed by atoms with E-state index in [1.54, 1.807) is 91.1 Å². The van der Waals surface area contributed by atoms with Crippen LogP contribution in [0.5, 0.6) is 0 Å². The average molecular weight is 442 g/mol. The summed E-state index contributed by atoms with van der Waals surface area (Å²) in [5.41, 5.74) is 3.26. The molecule has 0 unspecified atom stereocenters. The molecule has 6 nitrogen and oxygen atoms in total. The SMILES string of the molecule is CS(=O)(=O)c1ccccc1-c1ccc(-n2cccc(Nc3cccc(C#N)c3)c2=O)cc1. The van der Waals surface area contributed by atoms with Crippen molar-refractivity contribution in [2.24, 2.45) is 0 Å². The van der Waals surface area contributed by atoms with E-state index in [4.69, 9.17) is 5.26 Å². The summed E-state index contributed by atoms with van der Waals surface area (Å²) in [6.45, 7) is 0. The van der Waals surface area contributed by atoms with Gasteiger partial charge in [-0.05, 0) is 54.1 Å². The van der Waals surface area contributed by atoms with Crippen molar-refractivity contribution < 1.29 is 8.42 Å². The van der Waals surface area contributed by atoms with Gasteiger partial charge in [0.2, 0.25) is 0 Å². The van der Waals surface area contributed by atoms with E-state index in [2.05, 4.69) is 11.4 Å². The van der Waals surface area contributed by atoms with Crippen molar-refractivity contribution in [1.29, 1.82) is 5.26 Å². The molecule has 1 heterocycles. The van der Waals surface area contributed by atoms with Gasteiger partial charge in [-0.2, -0.15) is 5.26 Å². The fraction of sp³-hybridized carbons (Fsp3) is 0.0400. The molecule has 32 heavy (non-hydrogen) atoms. The van der Waals surface area contributed by atoms with E-state index in [9.17, 15) is 13.2 Å².